The zero-order valence-corrected chi connectivity index (χ0v) is 8.32. The Morgan fingerprint density at radius 1 is 1.14 bits per heavy atom. The second kappa shape index (κ2) is 4.43. The maximum Gasteiger partial charge on any atom is 0.0753 e. The van der Waals surface area contributed by atoms with E-state index in [1.165, 1.54) is 17.6 Å². The zero-order valence-electron chi connectivity index (χ0n) is 8.32. The fourth-order valence-corrected chi connectivity index (χ4v) is 1.95. The molecule has 14 heavy (non-hydrogen) atoms. The van der Waals surface area contributed by atoms with E-state index in [4.69, 9.17) is 0 Å². The SMILES string of the molecule is O[C@@H]1CCCC/C1=C/c1ccccc1. The van der Waals surface area contributed by atoms with Crippen molar-refractivity contribution in [2.75, 3.05) is 0 Å². The minimum Gasteiger partial charge on any atom is -0.389 e. The van der Waals surface area contributed by atoms with E-state index in [1.807, 2.05) is 18.2 Å². The van der Waals surface area contributed by atoms with Gasteiger partial charge in [-0.15, -0.1) is 0 Å². The summed E-state index contributed by atoms with van der Waals surface area (Å²) in [5.41, 5.74) is 2.39. The average Bonchev–Trinajstić information content (AvgIpc) is 2.23. The van der Waals surface area contributed by atoms with Crippen LogP contribution in [0.5, 0.6) is 0 Å². The minimum absolute atomic E-state index is 0.205. The van der Waals surface area contributed by atoms with Gasteiger partial charge in [0.05, 0.1) is 6.10 Å². The predicted molar refractivity (Wildman–Crippen MR) is 58.9 cm³/mol. The highest BCUT2D eigenvalue weighted by molar-refractivity contribution is 5.53. The molecule has 1 aromatic rings. The van der Waals surface area contributed by atoms with Crippen LogP contribution >= 0.6 is 0 Å². The van der Waals surface area contributed by atoms with Crippen LogP contribution in [0, 0.1) is 0 Å². The molecule has 0 amide bonds. The highest BCUT2D eigenvalue weighted by Crippen LogP contribution is 2.25. The van der Waals surface area contributed by atoms with E-state index in [-0.39, 0.29) is 6.10 Å². The van der Waals surface area contributed by atoms with Crippen LogP contribution in [0.25, 0.3) is 6.08 Å². The predicted octanol–water partition coefficient (Wildman–Crippen LogP) is 3.00. The number of hydrogen-bond acceptors (Lipinski definition) is 1. The molecule has 0 radical (unpaired) electrons. The lowest BCUT2D eigenvalue weighted by Crippen LogP contribution is -2.14. The van der Waals surface area contributed by atoms with Crippen LogP contribution in [-0.2, 0) is 0 Å². The van der Waals surface area contributed by atoms with E-state index < -0.39 is 0 Å². The molecule has 0 spiro atoms. The Hall–Kier alpha value is -1.08. The Labute approximate surface area is 85.1 Å². The number of aliphatic hydroxyl groups is 1. The van der Waals surface area contributed by atoms with Gasteiger partial charge in [-0.05, 0) is 30.4 Å². The van der Waals surface area contributed by atoms with Gasteiger partial charge in [-0.3, -0.25) is 0 Å². The molecule has 0 saturated heterocycles. The molecule has 2 rings (SSSR count). The molecule has 0 unspecified atom stereocenters. The highest BCUT2D eigenvalue weighted by atomic mass is 16.3. The van der Waals surface area contributed by atoms with Crippen molar-refractivity contribution in [3.8, 4) is 0 Å². The summed E-state index contributed by atoms with van der Waals surface area (Å²) >= 11 is 0. The molecule has 1 aliphatic rings. The first-order valence-electron chi connectivity index (χ1n) is 5.30. The van der Waals surface area contributed by atoms with E-state index in [2.05, 4.69) is 18.2 Å². The van der Waals surface area contributed by atoms with Crippen molar-refractivity contribution in [1.29, 1.82) is 0 Å². The molecule has 0 aromatic heterocycles. The highest BCUT2D eigenvalue weighted by Gasteiger charge is 2.15. The minimum atomic E-state index is -0.205. The summed E-state index contributed by atoms with van der Waals surface area (Å²) in [5.74, 6) is 0. The van der Waals surface area contributed by atoms with Gasteiger partial charge in [-0.25, -0.2) is 0 Å². The van der Waals surface area contributed by atoms with Crippen LogP contribution < -0.4 is 0 Å². The van der Waals surface area contributed by atoms with Gasteiger partial charge in [-0.1, -0.05) is 42.8 Å². The van der Waals surface area contributed by atoms with E-state index in [1.54, 1.807) is 0 Å². The van der Waals surface area contributed by atoms with Crippen LogP contribution in [-0.4, -0.2) is 11.2 Å². The Morgan fingerprint density at radius 2 is 1.93 bits per heavy atom. The van der Waals surface area contributed by atoms with Crippen molar-refractivity contribution in [2.24, 2.45) is 0 Å². The number of benzene rings is 1. The standard InChI is InChI=1S/C13H16O/c14-13-9-5-4-8-12(13)10-11-6-2-1-3-7-11/h1-3,6-7,10,13-14H,4-5,8-9H2/b12-10-/t13-/m1/s1. The van der Waals surface area contributed by atoms with Gasteiger partial charge in [0.25, 0.3) is 0 Å². The number of rotatable bonds is 1. The molecule has 74 valence electrons. The quantitative estimate of drug-likeness (QED) is 0.718. The van der Waals surface area contributed by atoms with Gasteiger partial charge >= 0.3 is 0 Å². The molecule has 0 heterocycles. The molecular formula is C13H16O. The van der Waals surface area contributed by atoms with E-state index in [0.29, 0.717) is 0 Å². The van der Waals surface area contributed by atoms with E-state index in [0.717, 1.165) is 19.3 Å². The normalized spacial score (nSPS) is 25.2. The van der Waals surface area contributed by atoms with Crippen LogP contribution in [0.15, 0.2) is 35.9 Å². The molecule has 1 saturated carbocycles. The molecule has 1 atom stereocenters. The van der Waals surface area contributed by atoms with Gasteiger partial charge < -0.3 is 5.11 Å². The Balaban J connectivity index is 2.17. The summed E-state index contributed by atoms with van der Waals surface area (Å²) in [4.78, 5) is 0. The molecule has 1 aliphatic carbocycles. The van der Waals surface area contributed by atoms with Crippen molar-refractivity contribution in [1.82, 2.24) is 0 Å². The van der Waals surface area contributed by atoms with Crippen molar-refractivity contribution in [2.45, 2.75) is 31.8 Å². The van der Waals surface area contributed by atoms with Crippen molar-refractivity contribution < 1.29 is 5.11 Å². The van der Waals surface area contributed by atoms with E-state index >= 15 is 0 Å². The first-order chi connectivity index (χ1) is 6.86. The van der Waals surface area contributed by atoms with Crippen molar-refractivity contribution in [3.05, 3.63) is 41.5 Å². The lowest BCUT2D eigenvalue weighted by atomic mass is 9.91. The molecule has 1 aromatic carbocycles. The fourth-order valence-electron chi connectivity index (χ4n) is 1.95. The average molecular weight is 188 g/mol. The second-order valence-corrected chi connectivity index (χ2v) is 3.89. The molecule has 1 heteroatoms. The van der Waals surface area contributed by atoms with Gasteiger partial charge in [0.2, 0.25) is 0 Å². The molecule has 1 N–H and O–H groups in total. The zero-order chi connectivity index (χ0) is 9.80. The summed E-state index contributed by atoms with van der Waals surface area (Å²) in [6.45, 7) is 0. The Kier molecular flexibility index (Phi) is 3.00. The fraction of sp³-hybridized carbons (Fsp3) is 0.385. The van der Waals surface area contributed by atoms with E-state index in [9.17, 15) is 5.11 Å². The van der Waals surface area contributed by atoms with Crippen molar-refractivity contribution >= 4 is 6.08 Å². The summed E-state index contributed by atoms with van der Waals surface area (Å²) in [7, 11) is 0. The van der Waals surface area contributed by atoms with Gasteiger partial charge in [0.1, 0.15) is 0 Å². The summed E-state index contributed by atoms with van der Waals surface area (Å²) in [6, 6.07) is 10.2. The smallest absolute Gasteiger partial charge is 0.0753 e. The third-order valence-electron chi connectivity index (χ3n) is 2.77. The molecular weight excluding hydrogens is 172 g/mol. The third kappa shape index (κ3) is 2.24. The number of hydrogen-bond donors (Lipinski definition) is 1. The maximum atomic E-state index is 9.76. The van der Waals surface area contributed by atoms with Crippen molar-refractivity contribution in [3.63, 3.8) is 0 Å². The molecule has 0 aliphatic heterocycles. The number of aliphatic hydroxyl groups excluding tert-OH is 1. The van der Waals surface area contributed by atoms with Crippen LogP contribution in [0.4, 0.5) is 0 Å². The summed E-state index contributed by atoms with van der Waals surface area (Å²) in [6.07, 6.45) is 6.28. The summed E-state index contributed by atoms with van der Waals surface area (Å²) in [5, 5.41) is 9.76. The summed E-state index contributed by atoms with van der Waals surface area (Å²) < 4.78 is 0. The van der Waals surface area contributed by atoms with Gasteiger partial charge in [0.15, 0.2) is 0 Å². The molecule has 1 nitrogen and oxygen atoms in total. The third-order valence-corrected chi connectivity index (χ3v) is 2.77. The lowest BCUT2D eigenvalue weighted by Gasteiger charge is -2.20. The molecule has 0 bridgehead atoms. The van der Waals surface area contributed by atoms with Gasteiger partial charge in [-0.2, -0.15) is 0 Å². The maximum absolute atomic E-state index is 9.76. The first kappa shape index (κ1) is 9.47. The van der Waals surface area contributed by atoms with Crippen LogP contribution in [0.1, 0.15) is 31.2 Å². The molecule has 1 fully saturated rings. The van der Waals surface area contributed by atoms with Crippen LogP contribution in [0.2, 0.25) is 0 Å². The Bertz CT molecular complexity index is 313. The van der Waals surface area contributed by atoms with Gasteiger partial charge in [0, 0.05) is 0 Å². The lowest BCUT2D eigenvalue weighted by molar-refractivity contribution is 0.180. The monoisotopic (exact) mass is 188 g/mol. The second-order valence-electron chi connectivity index (χ2n) is 3.89. The largest absolute Gasteiger partial charge is 0.389 e. The first-order valence-corrected chi connectivity index (χ1v) is 5.30. The Morgan fingerprint density at radius 3 is 2.64 bits per heavy atom. The van der Waals surface area contributed by atoms with Crippen LogP contribution in [0.3, 0.4) is 0 Å². The topological polar surface area (TPSA) is 20.2 Å².